The number of hydrogen-bond donors (Lipinski definition) is 2. The number of rotatable bonds is 3. The van der Waals surface area contributed by atoms with E-state index in [9.17, 15) is 0 Å². The van der Waals surface area contributed by atoms with E-state index in [2.05, 4.69) is 12.6 Å². The highest BCUT2D eigenvalue weighted by molar-refractivity contribution is 7.80. The molecule has 1 unspecified atom stereocenters. The molecule has 1 atom stereocenters. The zero-order chi connectivity index (χ0) is 8.97. The van der Waals surface area contributed by atoms with Crippen molar-refractivity contribution in [2.75, 3.05) is 6.61 Å². The summed E-state index contributed by atoms with van der Waals surface area (Å²) >= 11 is 4.14. The van der Waals surface area contributed by atoms with Gasteiger partial charge in [0.25, 0.3) is 0 Å². The van der Waals surface area contributed by atoms with E-state index in [1.165, 1.54) is 0 Å². The van der Waals surface area contributed by atoms with Gasteiger partial charge in [-0.3, -0.25) is 0 Å². The first-order valence-corrected chi connectivity index (χ1v) is 4.23. The molecule has 1 aromatic carbocycles. The molecule has 0 amide bonds. The van der Waals surface area contributed by atoms with Crippen molar-refractivity contribution < 1.29 is 9.84 Å². The summed E-state index contributed by atoms with van der Waals surface area (Å²) in [6.07, 6.45) is -0.430. The van der Waals surface area contributed by atoms with E-state index in [1.54, 1.807) is 6.92 Å². The highest BCUT2D eigenvalue weighted by atomic mass is 32.1. The van der Waals surface area contributed by atoms with Crippen molar-refractivity contribution in [3.63, 3.8) is 0 Å². The van der Waals surface area contributed by atoms with Gasteiger partial charge in [0.2, 0.25) is 0 Å². The number of hydrogen-bond acceptors (Lipinski definition) is 3. The Morgan fingerprint density at radius 3 is 2.50 bits per heavy atom. The Morgan fingerprint density at radius 1 is 1.42 bits per heavy atom. The minimum atomic E-state index is -0.430. The van der Waals surface area contributed by atoms with Crippen molar-refractivity contribution in [2.45, 2.75) is 17.9 Å². The smallest absolute Gasteiger partial charge is 0.119 e. The molecule has 0 radical (unpaired) electrons. The van der Waals surface area contributed by atoms with Crippen LogP contribution in [0.3, 0.4) is 0 Å². The predicted molar refractivity (Wildman–Crippen MR) is 50.9 cm³/mol. The van der Waals surface area contributed by atoms with Crippen LogP contribution >= 0.6 is 12.6 Å². The summed E-state index contributed by atoms with van der Waals surface area (Å²) in [4.78, 5) is 0.902. The van der Waals surface area contributed by atoms with E-state index in [4.69, 9.17) is 9.84 Å². The first kappa shape index (κ1) is 9.42. The van der Waals surface area contributed by atoms with Crippen LogP contribution in [0.1, 0.15) is 6.92 Å². The predicted octanol–water partition coefficient (Wildman–Crippen LogP) is 1.73. The molecule has 0 spiro atoms. The van der Waals surface area contributed by atoms with Crippen molar-refractivity contribution in [3.8, 4) is 5.75 Å². The largest absolute Gasteiger partial charge is 0.491 e. The van der Waals surface area contributed by atoms with Crippen molar-refractivity contribution in [3.05, 3.63) is 24.3 Å². The summed E-state index contributed by atoms with van der Waals surface area (Å²) < 4.78 is 5.24. The van der Waals surface area contributed by atoms with Crippen molar-refractivity contribution in [1.82, 2.24) is 0 Å². The molecule has 0 fully saturated rings. The molecule has 0 aliphatic heterocycles. The van der Waals surface area contributed by atoms with Crippen LogP contribution in [0.15, 0.2) is 29.2 Å². The number of aliphatic hydroxyl groups is 1. The molecule has 0 aliphatic carbocycles. The van der Waals surface area contributed by atoms with E-state index in [0.29, 0.717) is 6.61 Å². The molecule has 0 saturated heterocycles. The Kier molecular flexibility index (Phi) is 3.44. The molecule has 2 nitrogen and oxygen atoms in total. The molecule has 1 N–H and O–H groups in total. The monoisotopic (exact) mass is 184 g/mol. The first-order chi connectivity index (χ1) is 5.68. The van der Waals surface area contributed by atoms with Gasteiger partial charge in [0, 0.05) is 4.90 Å². The van der Waals surface area contributed by atoms with Crippen LogP contribution in [-0.4, -0.2) is 17.8 Å². The third kappa shape index (κ3) is 3.15. The van der Waals surface area contributed by atoms with Gasteiger partial charge >= 0.3 is 0 Å². The third-order valence-corrected chi connectivity index (χ3v) is 1.63. The molecule has 0 aromatic heterocycles. The molecule has 1 aromatic rings. The van der Waals surface area contributed by atoms with Gasteiger partial charge in [0.15, 0.2) is 0 Å². The fraction of sp³-hybridized carbons (Fsp3) is 0.333. The molecular formula is C9H12O2S. The molecule has 0 aliphatic rings. The molecule has 3 heteroatoms. The lowest BCUT2D eigenvalue weighted by molar-refractivity contribution is 0.122. The van der Waals surface area contributed by atoms with Crippen molar-refractivity contribution >= 4 is 12.6 Å². The Hall–Kier alpha value is -0.670. The maximum absolute atomic E-state index is 8.93. The van der Waals surface area contributed by atoms with Gasteiger partial charge in [-0.15, -0.1) is 12.6 Å². The van der Waals surface area contributed by atoms with Gasteiger partial charge in [0.05, 0.1) is 6.10 Å². The Balaban J connectivity index is 2.48. The van der Waals surface area contributed by atoms with E-state index >= 15 is 0 Å². The average Bonchev–Trinajstić information content (AvgIpc) is 2.03. The second kappa shape index (κ2) is 4.38. The van der Waals surface area contributed by atoms with Gasteiger partial charge in [-0.1, -0.05) is 0 Å². The van der Waals surface area contributed by atoms with Crippen LogP contribution in [0.2, 0.25) is 0 Å². The van der Waals surface area contributed by atoms with Crippen LogP contribution in [0, 0.1) is 0 Å². The van der Waals surface area contributed by atoms with Crippen LogP contribution in [0.25, 0.3) is 0 Å². The molecule has 12 heavy (non-hydrogen) atoms. The summed E-state index contributed by atoms with van der Waals surface area (Å²) in [5.41, 5.74) is 0. The molecule has 0 heterocycles. The molecule has 66 valence electrons. The normalized spacial score (nSPS) is 12.6. The molecule has 0 bridgehead atoms. The summed E-state index contributed by atoms with van der Waals surface area (Å²) in [7, 11) is 0. The quantitative estimate of drug-likeness (QED) is 0.701. The van der Waals surface area contributed by atoms with E-state index in [-0.39, 0.29) is 0 Å². The lowest BCUT2D eigenvalue weighted by Crippen LogP contribution is -2.12. The maximum Gasteiger partial charge on any atom is 0.119 e. The number of aliphatic hydroxyl groups excluding tert-OH is 1. The average molecular weight is 184 g/mol. The molecule has 0 saturated carbocycles. The van der Waals surface area contributed by atoms with Gasteiger partial charge in [-0.25, -0.2) is 0 Å². The second-order valence-corrected chi connectivity index (χ2v) is 3.17. The number of benzene rings is 1. The number of ether oxygens (including phenoxy) is 1. The zero-order valence-electron chi connectivity index (χ0n) is 6.90. The summed E-state index contributed by atoms with van der Waals surface area (Å²) in [6, 6.07) is 7.34. The van der Waals surface area contributed by atoms with Crippen LogP contribution < -0.4 is 4.74 Å². The van der Waals surface area contributed by atoms with Crippen molar-refractivity contribution in [1.29, 1.82) is 0 Å². The van der Waals surface area contributed by atoms with Gasteiger partial charge in [-0.2, -0.15) is 0 Å². The minimum Gasteiger partial charge on any atom is -0.491 e. The maximum atomic E-state index is 8.93. The SMILES string of the molecule is CC(O)COc1ccc(S)cc1. The number of thiol groups is 1. The second-order valence-electron chi connectivity index (χ2n) is 2.65. The first-order valence-electron chi connectivity index (χ1n) is 3.78. The fourth-order valence-electron chi connectivity index (χ4n) is 0.759. The zero-order valence-corrected chi connectivity index (χ0v) is 7.79. The Bertz CT molecular complexity index is 231. The summed E-state index contributed by atoms with van der Waals surface area (Å²) in [5.74, 6) is 0.758. The fourth-order valence-corrected chi connectivity index (χ4v) is 0.908. The standard InChI is InChI=1S/C9H12O2S/c1-7(10)6-11-8-2-4-9(12)5-3-8/h2-5,7,10,12H,6H2,1H3. The lowest BCUT2D eigenvalue weighted by atomic mass is 10.3. The highest BCUT2D eigenvalue weighted by Gasteiger charge is 1.96. The van der Waals surface area contributed by atoms with Crippen LogP contribution in [0.4, 0.5) is 0 Å². The topological polar surface area (TPSA) is 29.5 Å². The van der Waals surface area contributed by atoms with E-state index in [0.717, 1.165) is 10.6 Å². The molecular weight excluding hydrogens is 172 g/mol. The lowest BCUT2D eigenvalue weighted by Gasteiger charge is -2.07. The van der Waals surface area contributed by atoms with E-state index < -0.39 is 6.10 Å². The summed E-state index contributed by atoms with van der Waals surface area (Å²) in [6.45, 7) is 2.01. The van der Waals surface area contributed by atoms with Gasteiger partial charge in [-0.05, 0) is 31.2 Å². The van der Waals surface area contributed by atoms with Crippen molar-refractivity contribution in [2.24, 2.45) is 0 Å². The van der Waals surface area contributed by atoms with Gasteiger partial charge in [0.1, 0.15) is 12.4 Å². The molecule has 1 rings (SSSR count). The third-order valence-electron chi connectivity index (χ3n) is 1.33. The van der Waals surface area contributed by atoms with E-state index in [1.807, 2.05) is 24.3 Å². The highest BCUT2D eigenvalue weighted by Crippen LogP contribution is 2.14. The Labute approximate surface area is 77.6 Å². The van der Waals surface area contributed by atoms with Crippen LogP contribution in [0.5, 0.6) is 5.75 Å². The Morgan fingerprint density at radius 2 is 2.00 bits per heavy atom. The van der Waals surface area contributed by atoms with Crippen LogP contribution in [-0.2, 0) is 0 Å². The summed E-state index contributed by atoms with van der Waals surface area (Å²) in [5, 5.41) is 8.93. The minimum absolute atomic E-state index is 0.325. The van der Waals surface area contributed by atoms with Gasteiger partial charge < -0.3 is 9.84 Å².